The van der Waals surface area contributed by atoms with Gasteiger partial charge in [-0.25, -0.2) is 0 Å². The van der Waals surface area contributed by atoms with Crippen molar-refractivity contribution in [3.63, 3.8) is 0 Å². The molecule has 0 heterocycles. The molecule has 1 saturated carbocycles. The third-order valence-electron chi connectivity index (χ3n) is 3.19. The molecule has 0 spiro atoms. The van der Waals surface area contributed by atoms with Gasteiger partial charge in [-0.3, -0.25) is 0 Å². The Balaban J connectivity index is 2.03. The summed E-state index contributed by atoms with van der Waals surface area (Å²) in [7, 11) is 0. The molecule has 0 aliphatic heterocycles. The lowest BCUT2D eigenvalue weighted by Gasteiger charge is -2.13. The SMILES string of the molecule is CCOCc1cc(CCN)ccc1OCC1CC1. The summed E-state index contributed by atoms with van der Waals surface area (Å²) in [5.74, 6) is 1.74. The van der Waals surface area contributed by atoms with E-state index in [1.54, 1.807) is 0 Å². The Hall–Kier alpha value is -1.06. The van der Waals surface area contributed by atoms with Crippen molar-refractivity contribution in [3.8, 4) is 5.75 Å². The van der Waals surface area contributed by atoms with Crippen LogP contribution in [0.25, 0.3) is 0 Å². The van der Waals surface area contributed by atoms with Crippen molar-refractivity contribution in [1.82, 2.24) is 0 Å². The third-order valence-corrected chi connectivity index (χ3v) is 3.19. The standard InChI is InChI=1S/C15H23NO2/c1-2-17-11-14-9-12(7-8-16)5-6-15(14)18-10-13-3-4-13/h5-6,9,13H,2-4,7-8,10-11,16H2,1H3. The summed E-state index contributed by atoms with van der Waals surface area (Å²) in [6, 6.07) is 6.32. The molecule has 100 valence electrons. The number of benzene rings is 1. The normalized spacial score (nSPS) is 14.8. The van der Waals surface area contributed by atoms with Gasteiger partial charge >= 0.3 is 0 Å². The van der Waals surface area contributed by atoms with Crippen LogP contribution in [0.4, 0.5) is 0 Å². The first-order valence-electron chi connectivity index (χ1n) is 6.86. The van der Waals surface area contributed by atoms with Gasteiger partial charge in [0.05, 0.1) is 13.2 Å². The third kappa shape index (κ3) is 4.00. The number of hydrogen-bond donors (Lipinski definition) is 1. The summed E-state index contributed by atoms with van der Waals surface area (Å²) in [4.78, 5) is 0. The van der Waals surface area contributed by atoms with E-state index in [1.165, 1.54) is 18.4 Å². The molecule has 1 aromatic carbocycles. The maximum atomic E-state index is 5.88. The van der Waals surface area contributed by atoms with Crippen LogP contribution in [0.1, 0.15) is 30.9 Å². The predicted molar refractivity (Wildman–Crippen MR) is 72.7 cm³/mol. The van der Waals surface area contributed by atoms with E-state index in [2.05, 4.69) is 18.2 Å². The van der Waals surface area contributed by atoms with Gasteiger partial charge in [0.15, 0.2) is 0 Å². The van der Waals surface area contributed by atoms with E-state index in [0.29, 0.717) is 13.2 Å². The molecule has 3 nitrogen and oxygen atoms in total. The highest BCUT2D eigenvalue weighted by Gasteiger charge is 2.22. The van der Waals surface area contributed by atoms with Gasteiger partial charge in [0.2, 0.25) is 0 Å². The Bertz CT molecular complexity index is 375. The Morgan fingerprint density at radius 2 is 2.17 bits per heavy atom. The van der Waals surface area contributed by atoms with Crippen LogP contribution < -0.4 is 10.5 Å². The van der Waals surface area contributed by atoms with Gasteiger partial charge in [-0.1, -0.05) is 6.07 Å². The van der Waals surface area contributed by atoms with E-state index in [-0.39, 0.29) is 0 Å². The summed E-state index contributed by atoms with van der Waals surface area (Å²) in [5, 5.41) is 0. The summed E-state index contributed by atoms with van der Waals surface area (Å²) in [6.45, 7) is 4.87. The van der Waals surface area contributed by atoms with Crippen LogP contribution in [-0.2, 0) is 17.8 Å². The van der Waals surface area contributed by atoms with Crippen molar-refractivity contribution in [2.45, 2.75) is 32.8 Å². The van der Waals surface area contributed by atoms with Gasteiger partial charge in [-0.05, 0) is 56.3 Å². The second-order valence-corrected chi connectivity index (χ2v) is 4.87. The van der Waals surface area contributed by atoms with Crippen LogP contribution in [0.5, 0.6) is 5.75 Å². The second kappa shape index (κ2) is 6.76. The molecule has 2 rings (SSSR count). The minimum Gasteiger partial charge on any atom is -0.493 e. The molecule has 0 radical (unpaired) electrons. The van der Waals surface area contributed by atoms with Gasteiger partial charge in [0.1, 0.15) is 5.75 Å². The maximum Gasteiger partial charge on any atom is 0.124 e. The van der Waals surface area contributed by atoms with E-state index in [0.717, 1.165) is 36.9 Å². The van der Waals surface area contributed by atoms with Crippen LogP contribution in [-0.4, -0.2) is 19.8 Å². The Morgan fingerprint density at radius 3 is 2.83 bits per heavy atom. The molecular weight excluding hydrogens is 226 g/mol. The van der Waals surface area contributed by atoms with Gasteiger partial charge < -0.3 is 15.2 Å². The van der Waals surface area contributed by atoms with Crippen LogP contribution in [0, 0.1) is 5.92 Å². The lowest BCUT2D eigenvalue weighted by molar-refractivity contribution is 0.130. The van der Waals surface area contributed by atoms with Crippen molar-refractivity contribution in [1.29, 1.82) is 0 Å². The van der Waals surface area contributed by atoms with Crippen LogP contribution in [0.15, 0.2) is 18.2 Å². The van der Waals surface area contributed by atoms with Crippen molar-refractivity contribution in [3.05, 3.63) is 29.3 Å². The second-order valence-electron chi connectivity index (χ2n) is 4.87. The van der Waals surface area contributed by atoms with E-state index >= 15 is 0 Å². The highest BCUT2D eigenvalue weighted by molar-refractivity contribution is 5.37. The molecule has 1 fully saturated rings. The lowest BCUT2D eigenvalue weighted by Crippen LogP contribution is -2.06. The molecule has 1 aromatic rings. The van der Waals surface area contributed by atoms with E-state index in [4.69, 9.17) is 15.2 Å². The zero-order valence-electron chi connectivity index (χ0n) is 11.2. The van der Waals surface area contributed by atoms with Crippen molar-refractivity contribution >= 4 is 0 Å². The van der Waals surface area contributed by atoms with Crippen LogP contribution in [0.3, 0.4) is 0 Å². The first-order valence-corrected chi connectivity index (χ1v) is 6.86. The fourth-order valence-electron chi connectivity index (χ4n) is 1.91. The molecule has 1 aliphatic carbocycles. The minimum atomic E-state index is 0.620. The Morgan fingerprint density at radius 1 is 1.33 bits per heavy atom. The molecular formula is C15H23NO2. The van der Waals surface area contributed by atoms with Gasteiger partial charge in [-0.15, -0.1) is 0 Å². The summed E-state index contributed by atoms with van der Waals surface area (Å²) >= 11 is 0. The minimum absolute atomic E-state index is 0.620. The first kappa shape index (κ1) is 13.4. The fourth-order valence-corrected chi connectivity index (χ4v) is 1.91. The monoisotopic (exact) mass is 249 g/mol. The average Bonchev–Trinajstić information content (AvgIpc) is 3.19. The zero-order valence-corrected chi connectivity index (χ0v) is 11.2. The molecule has 1 aliphatic rings. The average molecular weight is 249 g/mol. The van der Waals surface area contributed by atoms with E-state index in [9.17, 15) is 0 Å². The largest absolute Gasteiger partial charge is 0.493 e. The van der Waals surface area contributed by atoms with E-state index in [1.807, 2.05) is 6.92 Å². The van der Waals surface area contributed by atoms with Crippen LogP contribution in [0.2, 0.25) is 0 Å². The summed E-state index contributed by atoms with van der Waals surface area (Å²) in [5.41, 5.74) is 7.99. The number of hydrogen-bond acceptors (Lipinski definition) is 3. The van der Waals surface area contributed by atoms with Crippen molar-refractivity contribution < 1.29 is 9.47 Å². The van der Waals surface area contributed by atoms with Gasteiger partial charge in [0.25, 0.3) is 0 Å². The number of nitrogens with two attached hydrogens (primary N) is 1. The topological polar surface area (TPSA) is 44.5 Å². The highest BCUT2D eigenvalue weighted by atomic mass is 16.5. The molecule has 0 saturated heterocycles. The van der Waals surface area contributed by atoms with Crippen LogP contribution >= 0.6 is 0 Å². The molecule has 0 amide bonds. The van der Waals surface area contributed by atoms with Gasteiger partial charge in [-0.2, -0.15) is 0 Å². The van der Waals surface area contributed by atoms with Crippen molar-refractivity contribution in [2.24, 2.45) is 11.7 Å². The molecule has 0 aromatic heterocycles. The van der Waals surface area contributed by atoms with Crippen molar-refractivity contribution in [2.75, 3.05) is 19.8 Å². The molecule has 2 N–H and O–H groups in total. The fraction of sp³-hybridized carbons (Fsp3) is 0.600. The molecule has 0 unspecified atom stereocenters. The Labute approximate surface area is 109 Å². The van der Waals surface area contributed by atoms with E-state index < -0.39 is 0 Å². The lowest BCUT2D eigenvalue weighted by atomic mass is 10.1. The zero-order chi connectivity index (χ0) is 12.8. The summed E-state index contributed by atoms with van der Waals surface area (Å²) < 4.78 is 11.4. The number of ether oxygens (including phenoxy) is 2. The molecule has 18 heavy (non-hydrogen) atoms. The first-order chi connectivity index (χ1) is 8.83. The number of rotatable bonds is 8. The molecule has 0 bridgehead atoms. The quantitative estimate of drug-likeness (QED) is 0.770. The summed E-state index contributed by atoms with van der Waals surface area (Å²) in [6.07, 6.45) is 3.53. The smallest absolute Gasteiger partial charge is 0.124 e. The highest BCUT2D eigenvalue weighted by Crippen LogP contribution is 2.30. The predicted octanol–water partition coefficient (Wildman–Crippen LogP) is 2.51. The molecule has 0 atom stereocenters. The maximum absolute atomic E-state index is 5.88. The molecule has 3 heteroatoms. The van der Waals surface area contributed by atoms with Gasteiger partial charge in [0, 0.05) is 12.2 Å². The Kier molecular flexibility index (Phi) is 5.02.